The van der Waals surface area contributed by atoms with Gasteiger partial charge < -0.3 is 0 Å². The first-order chi connectivity index (χ1) is 9.95. The maximum absolute atomic E-state index is 12.2. The van der Waals surface area contributed by atoms with Crippen molar-refractivity contribution in [2.24, 2.45) is 29.1 Å². The van der Waals surface area contributed by atoms with Gasteiger partial charge in [-0.15, -0.1) is 13.2 Å². The minimum atomic E-state index is 0.340. The van der Waals surface area contributed by atoms with E-state index in [4.69, 9.17) is 0 Å². The highest BCUT2D eigenvalue weighted by atomic mass is 16.1. The van der Waals surface area contributed by atoms with E-state index >= 15 is 0 Å². The van der Waals surface area contributed by atoms with Crippen molar-refractivity contribution in [1.29, 1.82) is 0 Å². The Balaban J connectivity index is 0.00000106. The monoisotopic (exact) mass is 292 g/mol. The van der Waals surface area contributed by atoms with Crippen molar-refractivity contribution in [3.05, 3.63) is 13.2 Å². The van der Waals surface area contributed by atoms with Crippen LogP contribution in [0.25, 0.3) is 0 Å². The zero-order chi connectivity index (χ0) is 16.0. The second kappa shape index (κ2) is 8.15. The van der Waals surface area contributed by atoms with Crippen molar-refractivity contribution < 1.29 is 4.79 Å². The minimum Gasteiger partial charge on any atom is -0.299 e. The predicted molar refractivity (Wildman–Crippen MR) is 92.3 cm³/mol. The first kappa shape index (κ1) is 18.5. The lowest BCUT2D eigenvalue weighted by Crippen LogP contribution is -2.39. The fourth-order valence-corrected chi connectivity index (χ4v) is 4.95. The van der Waals surface area contributed by atoms with E-state index in [1.807, 2.05) is 0 Å². The van der Waals surface area contributed by atoms with Crippen LogP contribution in [0.1, 0.15) is 79.1 Å². The van der Waals surface area contributed by atoms with E-state index in [2.05, 4.69) is 40.9 Å². The fourth-order valence-electron chi connectivity index (χ4n) is 4.95. The SMILES string of the molecule is C=C.CC(C)CCC[C@@H](C)C1CC[C@H]2C(=O)CCC[C@]12C. The van der Waals surface area contributed by atoms with E-state index in [9.17, 15) is 4.79 Å². The Morgan fingerprint density at radius 1 is 1.19 bits per heavy atom. The van der Waals surface area contributed by atoms with Gasteiger partial charge in [-0.3, -0.25) is 4.79 Å². The summed E-state index contributed by atoms with van der Waals surface area (Å²) in [5, 5.41) is 0. The van der Waals surface area contributed by atoms with Crippen molar-refractivity contribution in [2.45, 2.75) is 79.1 Å². The number of hydrogen-bond donors (Lipinski definition) is 0. The summed E-state index contributed by atoms with van der Waals surface area (Å²) in [4.78, 5) is 12.2. The quantitative estimate of drug-likeness (QED) is 0.565. The molecule has 0 amide bonds. The highest BCUT2D eigenvalue weighted by molar-refractivity contribution is 5.83. The third kappa shape index (κ3) is 4.20. The van der Waals surface area contributed by atoms with Crippen LogP contribution in [0.4, 0.5) is 0 Å². The van der Waals surface area contributed by atoms with Crippen molar-refractivity contribution >= 4 is 5.78 Å². The van der Waals surface area contributed by atoms with Crippen LogP contribution in [0.5, 0.6) is 0 Å². The fraction of sp³-hybridized carbons (Fsp3) is 0.850. The molecular formula is C20H36O. The summed E-state index contributed by atoms with van der Waals surface area (Å²) < 4.78 is 0. The number of Topliss-reactive ketones (excluding diaryl/α,β-unsaturated/α-hetero) is 1. The average Bonchev–Trinajstić information content (AvgIpc) is 2.79. The Kier molecular flexibility index (Phi) is 7.16. The molecule has 0 aromatic heterocycles. The Hall–Kier alpha value is -0.590. The van der Waals surface area contributed by atoms with Crippen LogP contribution in [0.15, 0.2) is 13.2 Å². The molecule has 0 aromatic rings. The molecule has 4 atom stereocenters. The molecule has 2 saturated carbocycles. The molecule has 0 N–H and O–H groups in total. The highest BCUT2D eigenvalue weighted by Crippen LogP contribution is 2.57. The summed E-state index contributed by atoms with van der Waals surface area (Å²) in [7, 11) is 0. The number of carbonyl (C=O) groups excluding carboxylic acids is 1. The summed E-state index contributed by atoms with van der Waals surface area (Å²) in [6, 6.07) is 0. The van der Waals surface area contributed by atoms with E-state index in [-0.39, 0.29) is 0 Å². The number of ketones is 1. The molecule has 1 unspecified atom stereocenters. The highest BCUT2D eigenvalue weighted by Gasteiger charge is 2.52. The number of fused-ring (bicyclic) bond motifs is 1. The molecular weight excluding hydrogens is 256 g/mol. The topological polar surface area (TPSA) is 17.1 Å². The first-order valence-electron chi connectivity index (χ1n) is 8.98. The Bertz CT molecular complexity index is 333. The van der Waals surface area contributed by atoms with E-state index < -0.39 is 0 Å². The maximum atomic E-state index is 12.2. The van der Waals surface area contributed by atoms with Crippen LogP contribution < -0.4 is 0 Å². The van der Waals surface area contributed by atoms with Gasteiger partial charge in [0.1, 0.15) is 5.78 Å². The van der Waals surface area contributed by atoms with Crippen LogP contribution >= 0.6 is 0 Å². The number of rotatable bonds is 5. The van der Waals surface area contributed by atoms with E-state index in [1.165, 1.54) is 38.5 Å². The second-order valence-electron chi connectivity index (χ2n) is 7.86. The lowest BCUT2D eigenvalue weighted by molar-refractivity contribution is -0.130. The molecule has 0 saturated heterocycles. The Morgan fingerprint density at radius 3 is 2.48 bits per heavy atom. The van der Waals surface area contributed by atoms with E-state index in [0.29, 0.717) is 17.1 Å². The van der Waals surface area contributed by atoms with Crippen molar-refractivity contribution in [3.63, 3.8) is 0 Å². The standard InChI is InChI=1S/C18H32O.C2H4/c1-13(2)7-5-8-14(3)15-10-11-16-17(19)9-6-12-18(15,16)4;1-2/h13-16H,5-12H2,1-4H3;1-2H2/t14-,15?,16+,18-;/m1./s1. The van der Waals surface area contributed by atoms with Crippen LogP contribution in [-0.4, -0.2) is 5.78 Å². The summed E-state index contributed by atoms with van der Waals surface area (Å²) in [5.74, 6) is 3.41. The van der Waals surface area contributed by atoms with Gasteiger partial charge in [0, 0.05) is 12.3 Å². The zero-order valence-electron chi connectivity index (χ0n) is 14.8. The van der Waals surface area contributed by atoms with Gasteiger partial charge in [-0.05, 0) is 48.9 Å². The predicted octanol–water partition coefficient (Wildman–Crippen LogP) is 6.04. The zero-order valence-corrected chi connectivity index (χ0v) is 14.8. The summed E-state index contributed by atoms with van der Waals surface area (Å²) in [6.07, 6.45) is 9.85. The van der Waals surface area contributed by atoms with Crippen LogP contribution in [0, 0.1) is 29.1 Å². The lowest BCUT2D eigenvalue weighted by Gasteiger charge is -2.42. The van der Waals surface area contributed by atoms with Crippen LogP contribution in [-0.2, 0) is 4.79 Å². The van der Waals surface area contributed by atoms with Gasteiger partial charge in [0.2, 0.25) is 0 Å². The molecule has 21 heavy (non-hydrogen) atoms. The maximum Gasteiger partial charge on any atom is 0.136 e. The molecule has 0 heterocycles. The molecule has 0 aromatic carbocycles. The molecule has 122 valence electrons. The van der Waals surface area contributed by atoms with E-state index in [0.717, 1.165) is 30.6 Å². The summed E-state index contributed by atoms with van der Waals surface area (Å²) in [5.41, 5.74) is 0.340. The minimum absolute atomic E-state index is 0.340. The molecule has 0 bridgehead atoms. The normalized spacial score (nSPS) is 33.3. The summed E-state index contributed by atoms with van der Waals surface area (Å²) >= 11 is 0. The smallest absolute Gasteiger partial charge is 0.136 e. The van der Waals surface area contributed by atoms with E-state index in [1.54, 1.807) is 0 Å². The molecule has 2 fully saturated rings. The Morgan fingerprint density at radius 2 is 1.86 bits per heavy atom. The molecule has 0 radical (unpaired) electrons. The molecule has 1 heteroatoms. The van der Waals surface area contributed by atoms with Crippen LogP contribution in [0.2, 0.25) is 0 Å². The van der Waals surface area contributed by atoms with Gasteiger partial charge in [-0.2, -0.15) is 0 Å². The number of hydrogen-bond acceptors (Lipinski definition) is 1. The van der Waals surface area contributed by atoms with Crippen molar-refractivity contribution in [1.82, 2.24) is 0 Å². The van der Waals surface area contributed by atoms with Gasteiger partial charge >= 0.3 is 0 Å². The van der Waals surface area contributed by atoms with Gasteiger partial charge in [0.25, 0.3) is 0 Å². The Labute approximate surface area is 132 Å². The van der Waals surface area contributed by atoms with Gasteiger partial charge in [-0.1, -0.05) is 47.0 Å². The molecule has 2 aliphatic carbocycles. The van der Waals surface area contributed by atoms with Gasteiger partial charge in [-0.25, -0.2) is 0 Å². The van der Waals surface area contributed by atoms with Crippen molar-refractivity contribution in [2.75, 3.05) is 0 Å². The summed E-state index contributed by atoms with van der Waals surface area (Å²) in [6.45, 7) is 15.5. The van der Waals surface area contributed by atoms with Crippen LogP contribution in [0.3, 0.4) is 0 Å². The average molecular weight is 293 g/mol. The molecule has 2 aliphatic rings. The first-order valence-corrected chi connectivity index (χ1v) is 8.98. The molecule has 0 spiro atoms. The molecule has 2 rings (SSSR count). The molecule has 1 nitrogen and oxygen atoms in total. The second-order valence-corrected chi connectivity index (χ2v) is 7.86. The van der Waals surface area contributed by atoms with Gasteiger partial charge in [0.15, 0.2) is 0 Å². The van der Waals surface area contributed by atoms with Gasteiger partial charge in [0.05, 0.1) is 0 Å². The third-order valence-corrected chi connectivity index (χ3v) is 6.06. The van der Waals surface area contributed by atoms with Crippen molar-refractivity contribution in [3.8, 4) is 0 Å². The largest absolute Gasteiger partial charge is 0.299 e. The number of carbonyl (C=O) groups is 1. The third-order valence-electron chi connectivity index (χ3n) is 6.06. The molecule has 0 aliphatic heterocycles. The lowest BCUT2D eigenvalue weighted by atomic mass is 9.62.